The summed E-state index contributed by atoms with van der Waals surface area (Å²) >= 11 is 0. The average Bonchev–Trinajstić information content (AvgIpc) is 2.30. The molecule has 0 amide bonds. The van der Waals surface area contributed by atoms with Crippen molar-refractivity contribution in [2.75, 3.05) is 0 Å². The van der Waals surface area contributed by atoms with Crippen molar-refractivity contribution in [1.29, 1.82) is 0 Å². The predicted octanol–water partition coefficient (Wildman–Crippen LogP) is 2.84. The second kappa shape index (κ2) is 4.57. The highest BCUT2D eigenvalue weighted by molar-refractivity contribution is 5.74. The summed E-state index contributed by atoms with van der Waals surface area (Å²) in [4.78, 5) is 8.06. The Balaban J connectivity index is 2.32. The molecule has 0 saturated heterocycles. The zero-order valence-electron chi connectivity index (χ0n) is 8.96. The molecule has 3 nitrogen and oxygen atoms in total. The summed E-state index contributed by atoms with van der Waals surface area (Å²) in [5, 5.41) is 9.87. The molecule has 0 fully saturated rings. The first-order valence-corrected chi connectivity index (χ1v) is 5.00. The zero-order valence-corrected chi connectivity index (χ0v) is 8.96. The van der Waals surface area contributed by atoms with Gasteiger partial charge in [-0.05, 0) is 13.0 Å². The molecule has 0 unspecified atom stereocenters. The van der Waals surface area contributed by atoms with Crippen LogP contribution in [0.4, 0.5) is 0 Å². The number of aromatic nitrogens is 2. The molecule has 0 aliphatic heterocycles. The zero-order chi connectivity index (χ0) is 11.4. The Morgan fingerprint density at radius 1 is 1.19 bits per heavy atom. The van der Waals surface area contributed by atoms with Gasteiger partial charge in [-0.25, -0.2) is 9.97 Å². The normalized spacial score (nSPS) is 11.4. The summed E-state index contributed by atoms with van der Waals surface area (Å²) in [6.45, 7) is 1.89. The molecule has 1 aromatic carbocycles. The van der Waals surface area contributed by atoms with Crippen LogP contribution < -0.4 is 0 Å². The Morgan fingerprint density at radius 2 is 1.94 bits per heavy atom. The number of aliphatic hydroxyl groups excluding tert-OH is 1. The van der Waals surface area contributed by atoms with Crippen molar-refractivity contribution in [3.8, 4) is 0 Å². The lowest BCUT2D eigenvalue weighted by molar-refractivity contribution is 0.515. The molecule has 0 atom stereocenters. The second-order valence-corrected chi connectivity index (χ2v) is 3.48. The van der Waals surface area contributed by atoms with Crippen LogP contribution in [0.5, 0.6) is 0 Å². The Hall–Kier alpha value is -2.16. The Bertz CT molecular complexity index is 506. The van der Waals surface area contributed by atoms with E-state index in [9.17, 15) is 5.11 Å². The molecule has 80 valence electrons. The Kier molecular flexibility index (Phi) is 2.96. The van der Waals surface area contributed by atoms with Crippen LogP contribution in [0.25, 0.3) is 11.8 Å². The lowest BCUT2D eigenvalue weighted by Crippen LogP contribution is -1.88. The molecule has 3 heteroatoms. The van der Waals surface area contributed by atoms with Gasteiger partial charge in [-0.2, -0.15) is 0 Å². The number of nitrogens with zero attached hydrogens (tertiary/aromatic N) is 2. The van der Waals surface area contributed by atoms with Gasteiger partial charge in [-0.1, -0.05) is 30.3 Å². The van der Waals surface area contributed by atoms with Crippen LogP contribution >= 0.6 is 0 Å². The lowest BCUT2D eigenvalue weighted by atomic mass is 10.1. The summed E-state index contributed by atoms with van der Waals surface area (Å²) in [5.74, 6) is 0.207. The van der Waals surface area contributed by atoms with E-state index in [0.717, 1.165) is 11.3 Å². The van der Waals surface area contributed by atoms with Gasteiger partial charge in [-0.15, -0.1) is 0 Å². The lowest BCUT2D eigenvalue weighted by Gasteiger charge is -2.00. The summed E-state index contributed by atoms with van der Waals surface area (Å²) in [7, 11) is 0. The molecule has 1 aromatic heterocycles. The third-order valence-electron chi connectivity index (χ3n) is 2.18. The van der Waals surface area contributed by atoms with Crippen molar-refractivity contribution in [2.45, 2.75) is 6.92 Å². The fourth-order valence-electron chi connectivity index (χ4n) is 1.39. The predicted molar refractivity (Wildman–Crippen MR) is 63.7 cm³/mol. The fraction of sp³-hybridized carbons (Fsp3) is 0.0769. The second-order valence-electron chi connectivity index (χ2n) is 3.48. The summed E-state index contributed by atoms with van der Waals surface area (Å²) in [5.41, 5.74) is 2.36. The smallest absolute Gasteiger partial charge is 0.124 e. The van der Waals surface area contributed by atoms with E-state index in [-0.39, 0.29) is 5.76 Å². The molecule has 0 saturated carbocycles. The van der Waals surface area contributed by atoms with Gasteiger partial charge in [0.05, 0.1) is 5.69 Å². The molecule has 0 aliphatic carbocycles. The largest absolute Gasteiger partial charge is 0.507 e. The number of aliphatic hydroxyl groups is 1. The van der Waals surface area contributed by atoms with Crippen LogP contribution in [0.3, 0.4) is 0 Å². The summed E-state index contributed by atoms with van der Waals surface area (Å²) in [6, 6.07) is 11.2. The third kappa shape index (κ3) is 2.45. The monoisotopic (exact) mass is 212 g/mol. The number of hydrogen-bond donors (Lipinski definition) is 1. The van der Waals surface area contributed by atoms with E-state index in [1.807, 2.05) is 43.3 Å². The Labute approximate surface area is 94.1 Å². The van der Waals surface area contributed by atoms with Crippen LogP contribution in [0.1, 0.15) is 17.0 Å². The maximum atomic E-state index is 9.87. The molecule has 0 radical (unpaired) electrons. The van der Waals surface area contributed by atoms with Gasteiger partial charge >= 0.3 is 0 Å². The van der Waals surface area contributed by atoms with Gasteiger partial charge in [-0.3, -0.25) is 0 Å². The molecule has 0 spiro atoms. The minimum Gasteiger partial charge on any atom is -0.507 e. The molecule has 16 heavy (non-hydrogen) atoms. The van der Waals surface area contributed by atoms with Crippen molar-refractivity contribution in [3.63, 3.8) is 0 Å². The minimum absolute atomic E-state index is 0.207. The van der Waals surface area contributed by atoms with Crippen molar-refractivity contribution in [2.24, 2.45) is 0 Å². The van der Waals surface area contributed by atoms with Gasteiger partial charge in [0.15, 0.2) is 0 Å². The maximum absolute atomic E-state index is 9.87. The minimum atomic E-state index is 0.207. The van der Waals surface area contributed by atoms with E-state index >= 15 is 0 Å². The number of aryl methyl sites for hydroxylation is 1. The van der Waals surface area contributed by atoms with Crippen LogP contribution in [0.2, 0.25) is 0 Å². The van der Waals surface area contributed by atoms with E-state index in [0.29, 0.717) is 5.69 Å². The highest BCUT2D eigenvalue weighted by atomic mass is 16.3. The molecular weight excluding hydrogens is 200 g/mol. The topological polar surface area (TPSA) is 46.0 Å². The Morgan fingerprint density at radius 3 is 2.62 bits per heavy atom. The molecule has 0 aliphatic rings. The van der Waals surface area contributed by atoms with Gasteiger partial charge < -0.3 is 5.11 Å². The van der Waals surface area contributed by atoms with Gasteiger partial charge in [0.1, 0.15) is 12.1 Å². The first-order valence-electron chi connectivity index (χ1n) is 5.00. The molecule has 2 rings (SSSR count). The quantitative estimate of drug-likeness (QED) is 0.778. The molecule has 1 N–H and O–H groups in total. The highest BCUT2D eigenvalue weighted by Crippen LogP contribution is 2.13. The van der Waals surface area contributed by atoms with Gasteiger partial charge in [0.2, 0.25) is 0 Å². The maximum Gasteiger partial charge on any atom is 0.124 e. The third-order valence-corrected chi connectivity index (χ3v) is 2.18. The molecular formula is C13H12N2O. The van der Waals surface area contributed by atoms with E-state index in [1.54, 1.807) is 6.08 Å². The van der Waals surface area contributed by atoms with Crippen molar-refractivity contribution in [1.82, 2.24) is 9.97 Å². The van der Waals surface area contributed by atoms with Crippen molar-refractivity contribution in [3.05, 3.63) is 59.7 Å². The van der Waals surface area contributed by atoms with Gasteiger partial charge in [0, 0.05) is 17.3 Å². The SMILES string of the molecule is Cc1cc(/C=C(\O)c2ccccc2)ncn1. The number of rotatable bonds is 2. The van der Waals surface area contributed by atoms with Crippen LogP contribution in [0, 0.1) is 6.92 Å². The standard InChI is InChI=1S/C13H12N2O/c1-10-7-12(15-9-14-10)8-13(16)11-5-3-2-4-6-11/h2-9,16H,1H3/b13-8-. The van der Waals surface area contributed by atoms with Crippen LogP contribution in [0.15, 0.2) is 42.7 Å². The number of hydrogen-bond acceptors (Lipinski definition) is 3. The molecule has 1 heterocycles. The first-order chi connectivity index (χ1) is 7.75. The summed E-state index contributed by atoms with van der Waals surface area (Å²) < 4.78 is 0. The van der Waals surface area contributed by atoms with E-state index in [2.05, 4.69) is 9.97 Å². The van der Waals surface area contributed by atoms with Crippen LogP contribution in [-0.4, -0.2) is 15.1 Å². The highest BCUT2D eigenvalue weighted by Gasteiger charge is 1.98. The van der Waals surface area contributed by atoms with Crippen molar-refractivity contribution >= 4 is 11.8 Å². The first kappa shape index (κ1) is 10.4. The van der Waals surface area contributed by atoms with Crippen molar-refractivity contribution < 1.29 is 5.11 Å². The van der Waals surface area contributed by atoms with E-state index in [4.69, 9.17) is 0 Å². The van der Waals surface area contributed by atoms with E-state index in [1.165, 1.54) is 6.33 Å². The molecule has 0 bridgehead atoms. The average molecular weight is 212 g/mol. The van der Waals surface area contributed by atoms with Crippen LogP contribution in [-0.2, 0) is 0 Å². The molecule has 2 aromatic rings. The number of benzene rings is 1. The van der Waals surface area contributed by atoms with Gasteiger partial charge in [0.25, 0.3) is 0 Å². The van der Waals surface area contributed by atoms with E-state index < -0.39 is 0 Å². The summed E-state index contributed by atoms with van der Waals surface area (Å²) in [6.07, 6.45) is 3.11. The fourth-order valence-corrected chi connectivity index (χ4v) is 1.39.